The highest BCUT2D eigenvalue weighted by molar-refractivity contribution is 7.90. The summed E-state index contributed by atoms with van der Waals surface area (Å²) in [4.78, 5) is 20.5. The van der Waals surface area contributed by atoms with E-state index in [4.69, 9.17) is 4.74 Å². The summed E-state index contributed by atoms with van der Waals surface area (Å²) >= 11 is 1.42. The molecule has 1 saturated heterocycles. The van der Waals surface area contributed by atoms with Gasteiger partial charge in [0.05, 0.1) is 35.2 Å². The van der Waals surface area contributed by atoms with Crippen molar-refractivity contribution in [2.75, 3.05) is 13.2 Å². The first-order chi connectivity index (χ1) is 17.9. The molecule has 5 rings (SSSR count). The maximum atomic E-state index is 13.7. The minimum Gasteiger partial charge on any atom is -0.376 e. The van der Waals surface area contributed by atoms with Gasteiger partial charge in [0, 0.05) is 19.2 Å². The van der Waals surface area contributed by atoms with Gasteiger partial charge in [-0.15, -0.1) is 11.3 Å². The lowest BCUT2D eigenvalue weighted by molar-refractivity contribution is 0.0503. The third kappa shape index (κ3) is 6.16. The molecule has 1 atom stereocenters. The molecular formula is C28H35N3O4S2. The lowest BCUT2D eigenvalue weighted by Gasteiger charge is -2.29. The Labute approximate surface area is 223 Å². The van der Waals surface area contributed by atoms with Crippen LogP contribution in [0.4, 0.5) is 0 Å². The summed E-state index contributed by atoms with van der Waals surface area (Å²) in [5, 5.41) is 2.02. The number of ether oxygens (including phenoxy) is 1. The molecule has 0 spiro atoms. The molecule has 0 radical (unpaired) electrons. The molecule has 3 aromatic rings. The summed E-state index contributed by atoms with van der Waals surface area (Å²) in [6.45, 7) is 3.47. The SMILES string of the molecule is Cc1cccc(CS(=O)(=O)c2ncc(CN(CC3CCCO3)C(=O)c3cccs3)n2C2CCCCC2)c1. The standard InChI is InChI=1S/C28H35N3O4S2/c1-21-8-5-9-22(16-21)20-37(33,34)28-29-17-24(31(28)23-10-3-2-4-11-23)18-30(19-25-12-6-14-35-25)27(32)26-13-7-15-36-26/h5,7-9,13,15-17,23,25H,2-4,6,10-12,14,18-20H2,1H3. The molecule has 0 bridgehead atoms. The van der Waals surface area contributed by atoms with Gasteiger partial charge >= 0.3 is 0 Å². The normalized spacial score (nSPS) is 18.8. The molecule has 7 nitrogen and oxygen atoms in total. The number of hydrogen-bond donors (Lipinski definition) is 0. The van der Waals surface area contributed by atoms with Crippen LogP contribution in [0.2, 0.25) is 0 Å². The number of aryl methyl sites for hydroxylation is 1. The molecule has 0 N–H and O–H groups in total. The zero-order chi connectivity index (χ0) is 25.8. The van der Waals surface area contributed by atoms with Crippen molar-refractivity contribution in [2.45, 2.75) is 81.5 Å². The summed E-state index contributed by atoms with van der Waals surface area (Å²) in [5.74, 6) is -0.142. The van der Waals surface area contributed by atoms with Crippen LogP contribution in [0.1, 0.15) is 77.5 Å². The molecule has 1 amide bonds. The maximum absolute atomic E-state index is 13.7. The quantitative estimate of drug-likeness (QED) is 0.355. The molecule has 1 aromatic carbocycles. The van der Waals surface area contributed by atoms with Crippen molar-refractivity contribution < 1.29 is 17.9 Å². The number of nitrogens with zero attached hydrogens (tertiary/aromatic N) is 3. The van der Waals surface area contributed by atoms with E-state index in [0.717, 1.165) is 61.8 Å². The summed E-state index contributed by atoms with van der Waals surface area (Å²) in [6.07, 6.45) is 8.71. The Morgan fingerprint density at radius 2 is 1.97 bits per heavy atom. The van der Waals surface area contributed by atoms with Crippen LogP contribution in [0.25, 0.3) is 0 Å². The van der Waals surface area contributed by atoms with E-state index in [0.29, 0.717) is 24.6 Å². The zero-order valence-corrected chi connectivity index (χ0v) is 23.0. The van der Waals surface area contributed by atoms with Gasteiger partial charge < -0.3 is 14.2 Å². The molecule has 1 aliphatic carbocycles. The van der Waals surface area contributed by atoms with Gasteiger partial charge in [-0.05, 0) is 49.6 Å². The van der Waals surface area contributed by atoms with Crippen LogP contribution in [-0.2, 0) is 26.9 Å². The minimum absolute atomic E-state index is 0.000474. The van der Waals surface area contributed by atoms with Crippen LogP contribution < -0.4 is 0 Å². The Kier molecular flexibility index (Phi) is 8.12. The molecule has 37 heavy (non-hydrogen) atoms. The number of amides is 1. The molecule has 1 aliphatic heterocycles. The van der Waals surface area contributed by atoms with E-state index in [-0.39, 0.29) is 29.0 Å². The second-order valence-electron chi connectivity index (χ2n) is 10.2. The first-order valence-electron chi connectivity index (χ1n) is 13.2. The minimum atomic E-state index is -3.69. The molecule has 9 heteroatoms. The van der Waals surface area contributed by atoms with E-state index in [1.165, 1.54) is 11.3 Å². The van der Waals surface area contributed by atoms with Gasteiger partial charge in [-0.3, -0.25) is 4.79 Å². The van der Waals surface area contributed by atoms with E-state index in [1.54, 1.807) is 6.20 Å². The first-order valence-corrected chi connectivity index (χ1v) is 15.7. The third-order valence-electron chi connectivity index (χ3n) is 7.32. The topological polar surface area (TPSA) is 81.5 Å². The van der Waals surface area contributed by atoms with E-state index in [9.17, 15) is 13.2 Å². The van der Waals surface area contributed by atoms with E-state index in [1.807, 2.05) is 58.2 Å². The lowest BCUT2D eigenvalue weighted by atomic mass is 9.95. The van der Waals surface area contributed by atoms with Crippen molar-refractivity contribution in [3.8, 4) is 0 Å². The fourth-order valence-electron chi connectivity index (χ4n) is 5.54. The van der Waals surface area contributed by atoms with Crippen molar-refractivity contribution in [3.05, 3.63) is 69.7 Å². The largest absolute Gasteiger partial charge is 0.376 e. The van der Waals surface area contributed by atoms with Crippen molar-refractivity contribution in [2.24, 2.45) is 0 Å². The van der Waals surface area contributed by atoms with E-state index < -0.39 is 9.84 Å². The highest BCUT2D eigenvalue weighted by atomic mass is 32.2. The number of aromatic nitrogens is 2. The number of carbonyl (C=O) groups excluding carboxylic acids is 1. The molecule has 1 saturated carbocycles. The molecular weight excluding hydrogens is 506 g/mol. The highest BCUT2D eigenvalue weighted by Crippen LogP contribution is 2.33. The van der Waals surface area contributed by atoms with Crippen molar-refractivity contribution in [1.82, 2.24) is 14.5 Å². The fraction of sp³-hybridized carbons (Fsp3) is 0.500. The average Bonchev–Trinajstić information content (AvgIpc) is 3.66. The predicted molar refractivity (Wildman–Crippen MR) is 144 cm³/mol. The monoisotopic (exact) mass is 541 g/mol. The molecule has 1 unspecified atom stereocenters. The Hall–Kier alpha value is -2.49. The summed E-state index contributed by atoms with van der Waals surface area (Å²) in [7, 11) is -3.69. The smallest absolute Gasteiger partial charge is 0.264 e. The van der Waals surface area contributed by atoms with Gasteiger partial charge in [0.2, 0.25) is 15.0 Å². The Morgan fingerprint density at radius 3 is 2.68 bits per heavy atom. The number of benzene rings is 1. The van der Waals surface area contributed by atoms with Gasteiger partial charge in [0.25, 0.3) is 5.91 Å². The van der Waals surface area contributed by atoms with Crippen molar-refractivity contribution in [1.29, 1.82) is 0 Å². The number of thiophene rings is 1. The number of sulfone groups is 1. The van der Waals surface area contributed by atoms with Gasteiger partial charge in [0.1, 0.15) is 0 Å². The first kappa shape index (κ1) is 26.1. The second kappa shape index (κ2) is 11.5. The maximum Gasteiger partial charge on any atom is 0.264 e. The molecule has 2 fully saturated rings. The van der Waals surface area contributed by atoms with Crippen LogP contribution in [-0.4, -0.2) is 48.0 Å². The summed E-state index contributed by atoms with van der Waals surface area (Å²) < 4.78 is 35.2. The molecule has 198 valence electrons. The fourth-order valence-corrected chi connectivity index (χ4v) is 7.76. The van der Waals surface area contributed by atoms with Crippen LogP contribution in [0.15, 0.2) is 53.1 Å². The van der Waals surface area contributed by atoms with Gasteiger partial charge in [0.15, 0.2) is 0 Å². The number of carbonyl (C=O) groups is 1. The molecule has 2 aliphatic rings. The van der Waals surface area contributed by atoms with Gasteiger partial charge in [-0.25, -0.2) is 13.4 Å². The van der Waals surface area contributed by atoms with Crippen LogP contribution in [0, 0.1) is 6.92 Å². The summed E-state index contributed by atoms with van der Waals surface area (Å²) in [5.41, 5.74) is 2.56. The van der Waals surface area contributed by atoms with Gasteiger partial charge in [-0.2, -0.15) is 0 Å². The second-order valence-corrected chi connectivity index (χ2v) is 13.1. The van der Waals surface area contributed by atoms with Crippen LogP contribution >= 0.6 is 11.3 Å². The highest BCUT2D eigenvalue weighted by Gasteiger charge is 2.31. The Balaban J connectivity index is 1.49. The number of rotatable bonds is 9. The number of hydrogen-bond acceptors (Lipinski definition) is 6. The van der Waals surface area contributed by atoms with E-state index >= 15 is 0 Å². The number of imidazole rings is 1. The predicted octanol–water partition coefficient (Wildman–Crippen LogP) is 5.55. The summed E-state index contributed by atoms with van der Waals surface area (Å²) in [6, 6.07) is 11.4. The van der Waals surface area contributed by atoms with Crippen molar-refractivity contribution in [3.63, 3.8) is 0 Å². The Morgan fingerprint density at radius 1 is 1.14 bits per heavy atom. The van der Waals surface area contributed by atoms with Crippen LogP contribution in [0.5, 0.6) is 0 Å². The van der Waals surface area contributed by atoms with Crippen molar-refractivity contribution >= 4 is 27.1 Å². The van der Waals surface area contributed by atoms with Crippen LogP contribution in [0.3, 0.4) is 0 Å². The third-order valence-corrected chi connectivity index (χ3v) is 9.75. The average molecular weight is 542 g/mol. The molecule has 2 aromatic heterocycles. The van der Waals surface area contributed by atoms with Gasteiger partial charge in [-0.1, -0.05) is 55.2 Å². The van der Waals surface area contributed by atoms with E-state index in [2.05, 4.69) is 4.98 Å². The Bertz CT molecular complexity index is 1300. The lowest BCUT2D eigenvalue weighted by Crippen LogP contribution is -2.37. The molecule has 3 heterocycles. The zero-order valence-electron chi connectivity index (χ0n) is 21.3.